The molecule has 0 saturated carbocycles. The SMILES string of the molecule is NC(Cc1c(Cl)cccc1Cl)c1ccc(F)cc1Cl. The smallest absolute Gasteiger partial charge is 0.124 e. The Bertz CT molecular complexity index is 581. The van der Waals surface area contributed by atoms with Gasteiger partial charge < -0.3 is 5.73 Å². The Labute approximate surface area is 126 Å². The van der Waals surface area contributed by atoms with E-state index >= 15 is 0 Å². The van der Waals surface area contributed by atoms with Crippen molar-refractivity contribution >= 4 is 34.8 Å². The normalized spacial score (nSPS) is 12.5. The molecule has 1 unspecified atom stereocenters. The summed E-state index contributed by atoms with van der Waals surface area (Å²) in [6, 6.07) is 9.02. The Morgan fingerprint density at radius 2 is 1.63 bits per heavy atom. The van der Waals surface area contributed by atoms with Gasteiger partial charge in [-0.05, 0) is 41.8 Å². The van der Waals surface area contributed by atoms with E-state index in [1.807, 2.05) is 0 Å². The molecular weight excluding hydrogens is 308 g/mol. The van der Waals surface area contributed by atoms with E-state index < -0.39 is 11.9 Å². The van der Waals surface area contributed by atoms with Gasteiger partial charge in [-0.2, -0.15) is 0 Å². The second-order valence-corrected chi connectivity index (χ2v) is 5.40. The van der Waals surface area contributed by atoms with Gasteiger partial charge in [0.2, 0.25) is 0 Å². The molecular formula is C14H11Cl3FN. The standard InChI is InChI=1S/C14H11Cl3FN/c15-11-2-1-3-12(16)10(11)7-14(19)9-5-4-8(18)6-13(9)17/h1-6,14H,7,19H2. The summed E-state index contributed by atoms with van der Waals surface area (Å²) in [4.78, 5) is 0. The van der Waals surface area contributed by atoms with Crippen LogP contribution in [0.25, 0.3) is 0 Å². The fraction of sp³-hybridized carbons (Fsp3) is 0.143. The molecule has 0 radical (unpaired) electrons. The van der Waals surface area contributed by atoms with E-state index in [2.05, 4.69) is 0 Å². The zero-order valence-corrected chi connectivity index (χ0v) is 12.1. The van der Waals surface area contributed by atoms with Crippen molar-refractivity contribution in [2.45, 2.75) is 12.5 Å². The minimum Gasteiger partial charge on any atom is -0.324 e. The van der Waals surface area contributed by atoms with Crippen molar-refractivity contribution in [1.82, 2.24) is 0 Å². The summed E-state index contributed by atoms with van der Waals surface area (Å²) < 4.78 is 13.0. The van der Waals surface area contributed by atoms with Gasteiger partial charge in [0.05, 0.1) is 0 Å². The number of hydrogen-bond acceptors (Lipinski definition) is 1. The molecule has 2 aromatic rings. The second-order valence-electron chi connectivity index (χ2n) is 4.18. The molecule has 0 bridgehead atoms. The molecule has 100 valence electrons. The van der Waals surface area contributed by atoms with Crippen LogP contribution in [0.15, 0.2) is 36.4 Å². The third-order valence-electron chi connectivity index (χ3n) is 2.85. The maximum Gasteiger partial charge on any atom is 0.124 e. The van der Waals surface area contributed by atoms with Crippen LogP contribution >= 0.6 is 34.8 Å². The number of benzene rings is 2. The Morgan fingerprint density at radius 3 is 2.21 bits per heavy atom. The average molecular weight is 319 g/mol. The Hall–Kier alpha value is -0.800. The third kappa shape index (κ3) is 3.40. The van der Waals surface area contributed by atoms with Gasteiger partial charge in [0.15, 0.2) is 0 Å². The summed E-state index contributed by atoms with van der Waals surface area (Å²) in [6.07, 6.45) is 0.434. The highest BCUT2D eigenvalue weighted by molar-refractivity contribution is 6.36. The quantitative estimate of drug-likeness (QED) is 0.844. The summed E-state index contributed by atoms with van der Waals surface area (Å²) >= 11 is 18.2. The summed E-state index contributed by atoms with van der Waals surface area (Å²) in [6.45, 7) is 0. The molecule has 19 heavy (non-hydrogen) atoms. The van der Waals surface area contributed by atoms with Crippen LogP contribution in [0.3, 0.4) is 0 Å². The predicted molar refractivity (Wildman–Crippen MR) is 78.5 cm³/mol. The van der Waals surface area contributed by atoms with E-state index in [1.54, 1.807) is 24.3 Å². The molecule has 0 aliphatic rings. The zero-order valence-electron chi connectivity index (χ0n) is 9.84. The van der Waals surface area contributed by atoms with Crippen LogP contribution in [0, 0.1) is 5.82 Å². The van der Waals surface area contributed by atoms with Gasteiger partial charge in [0, 0.05) is 21.1 Å². The minimum atomic E-state index is -0.398. The summed E-state index contributed by atoms with van der Waals surface area (Å²) in [5, 5.41) is 1.41. The van der Waals surface area contributed by atoms with Gasteiger partial charge >= 0.3 is 0 Å². The molecule has 0 fully saturated rings. The van der Waals surface area contributed by atoms with Gasteiger partial charge in [-0.25, -0.2) is 4.39 Å². The maximum atomic E-state index is 13.0. The molecule has 2 N–H and O–H groups in total. The fourth-order valence-electron chi connectivity index (χ4n) is 1.86. The molecule has 0 spiro atoms. The third-order valence-corrected chi connectivity index (χ3v) is 3.88. The summed E-state index contributed by atoms with van der Waals surface area (Å²) in [5.41, 5.74) is 7.52. The van der Waals surface area contributed by atoms with Gasteiger partial charge in [-0.1, -0.05) is 46.9 Å². The molecule has 0 aliphatic carbocycles. The second kappa shape index (κ2) is 6.10. The lowest BCUT2D eigenvalue weighted by atomic mass is 9.99. The topological polar surface area (TPSA) is 26.0 Å². The first-order valence-electron chi connectivity index (χ1n) is 5.62. The van der Waals surface area contributed by atoms with Crippen molar-refractivity contribution in [1.29, 1.82) is 0 Å². The van der Waals surface area contributed by atoms with Crippen LogP contribution in [0.4, 0.5) is 4.39 Å². The largest absolute Gasteiger partial charge is 0.324 e. The number of rotatable bonds is 3. The van der Waals surface area contributed by atoms with Crippen LogP contribution in [-0.4, -0.2) is 0 Å². The monoisotopic (exact) mass is 317 g/mol. The maximum absolute atomic E-state index is 13.0. The van der Waals surface area contributed by atoms with E-state index in [4.69, 9.17) is 40.5 Å². The van der Waals surface area contributed by atoms with E-state index in [0.717, 1.165) is 5.56 Å². The molecule has 0 heterocycles. The lowest BCUT2D eigenvalue weighted by molar-refractivity contribution is 0.624. The van der Waals surface area contributed by atoms with E-state index in [0.29, 0.717) is 27.1 Å². The molecule has 1 nitrogen and oxygen atoms in total. The van der Waals surface area contributed by atoms with Gasteiger partial charge in [-0.3, -0.25) is 0 Å². The van der Waals surface area contributed by atoms with Crippen LogP contribution in [-0.2, 0) is 6.42 Å². The van der Waals surface area contributed by atoms with Gasteiger partial charge in [0.25, 0.3) is 0 Å². The highest BCUT2D eigenvalue weighted by Gasteiger charge is 2.15. The van der Waals surface area contributed by atoms with Crippen LogP contribution in [0.2, 0.25) is 15.1 Å². The van der Waals surface area contributed by atoms with Gasteiger partial charge in [0.1, 0.15) is 5.82 Å². The highest BCUT2D eigenvalue weighted by atomic mass is 35.5. The van der Waals surface area contributed by atoms with E-state index in [1.165, 1.54) is 12.1 Å². The van der Waals surface area contributed by atoms with Crippen molar-refractivity contribution in [3.05, 3.63) is 68.4 Å². The number of nitrogens with two attached hydrogens (primary N) is 1. The molecule has 1 atom stereocenters. The molecule has 5 heteroatoms. The molecule has 0 amide bonds. The Kier molecular flexibility index (Phi) is 4.69. The zero-order chi connectivity index (χ0) is 14.0. The first-order valence-corrected chi connectivity index (χ1v) is 6.76. The van der Waals surface area contributed by atoms with E-state index in [-0.39, 0.29) is 0 Å². The Balaban J connectivity index is 2.28. The molecule has 2 aromatic carbocycles. The van der Waals surface area contributed by atoms with Crippen molar-refractivity contribution in [3.8, 4) is 0 Å². The minimum absolute atomic E-state index is 0.302. The summed E-state index contributed by atoms with van der Waals surface area (Å²) in [7, 11) is 0. The average Bonchev–Trinajstić information content (AvgIpc) is 2.33. The van der Waals surface area contributed by atoms with E-state index in [9.17, 15) is 4.39 Å². The van der Waals surface area contributed by atoms with Crippen molar-refractivity contribution in [2.75, 3.05) is 0 Å². The highest BCUT2D eigenvalue weighted by Crippen LogP contribution is 2.30. The molecule has 0 aliphatic heterocycles. The lowest BCUT2D eigenvalue weighted by Crippen LogP contribution is -2.14. The van der Waals surface area contributed by atoms with Crippen LogP contribution in [0.1, 0.15) is 17.2 Å². The Morgan fingerprint density at radius 1 is 1.00 bits per heavy atom. The van der Waals surface area contributed by atoms with Gasteiger partial charge in [-0.15, -0.1) is 0 Å². The van der Waals surface area contributed by atoms with Crippen molar-refractivity contribution in [3.63, 3.8) is 0 Å². The number of hydrogen-bond donors (Lipinski definition) is 1. The predicted octanol–water partition coefficient (Wildman–Crippen LogP) is 5.03. The lowest BCUT2D eigenvalue weighted by Gasteiger charge is -2.15. The van der Waals surface area contributed by atoms with Crippen LogP contribution in [0.5, 0.6) is 0 Å². The van der Waals surface area contributed by atoms with Crippen molar-refractivity contribution < 1.29 is 4.39 Å². The molecule has 2 rings (SSSR count). The number of halogens is 4. The van der Waals surface area contributed by atoms with Crippen LogP contribution < -0.4 is 5.73 Å². The first-order chi connectivity index (χ1) is 8.99. The fourth-order valence-corrected chi connectivity index (χ4v) is 2.72. The molecule has 0 aromatic heterocycles. The van der Waals surface area contributed by atoms with Crippen molar-refractivity contribution in [2.24, 2.45) is 5.73 Å². The summed E-state index contributed by atoms with van der Waals surface area (Å²) in [5.74, 6) is -0.392. The molecule has 0 saturated heterocycles. The first kappa shape index (κ1) is 14.6.